The molecule has 0 atom stereocenters. The van der Waals surface area contributed by atoms with Crippen LogP contribution in [0.2, 0.25) is 0 Å². The predicted molar refractivity (Wildman–Crippen MR) is 77.8 cm³/mol. The van der Waals surface area contributed by atoms with Crippen LogP contribution in [0.3, 0.4) is 0 Å². The van der Waals surface area contributed by atoms with E-state index in [0.29, 0.717) is 16.2 Å². The van der Waals surface area contributed by atoms with Crippen molar-refractivity contribution in [2.45, 2.75) is 24.9 Å². The van der Waals surface area contributed by atoms with E-state index in [0.717, 1.165) is 4.88 Å². The molecule has 2 N–H and O–H groups in total. The van der Waals surface area contributed by atoms with Gasteiger partial charge in [-0.25, -0.2) is 13.1 Å². The molecule has 0 aliphatic carbocycles. The first-order valence-corrected chi connectivity index (χ1v) is 8.73. The zero-order chi connectivity index (χ0) is 14.8. The van der Waals surface area contributed by atoms with Gasteiger partial charge in [-0.3, -0.25) is 0 Å². The summed E-state index contributed by atoms with van der Waals surface area (Å²) in [5.41, 5.74) is 0. The van der Waals surface area contributed by atoms with Crippen LogP contribution in [-0.2, 0) is 23.1 Å². The van der Waals surface area contributed by atoms with E-state index in [-0.39, 0.29) is 17.3 Å². The lowest BCUT2D eigenvalue weighted by molar-refractivity contribution is 0.372. The molecule has 0 unspecified atom stereocenters. The van der Waals surface area contributed by atoms with E-state index in [2.05, 4.69) is 36.1 Å². The lowest BCUT2D eigenvalue weighted by Crippen LogP contribution is -2.23. The minimum atomic E-state index is -3.62. The van der Waals surface area contributed by atoms with Gasteiger partial charge < -0.3 is 9.84 Å². The molecular weight excluding hydrogens is 368 g/mol. The van der Waals surface area contributed by atoms with Crippen LogP contribution in [0.15, 0.2) is 19.3 Å². The molecule has 2 aromatic rings. The SMILES string of the molecule is CNCc1cc(S(=O)(=O)NCc2nc(C)no2)c(Br)s1. The smallest absolute Gasteiger partial charge is 0.243 e. The van der Waals surface area contributed by atoms with Crippen LogP contribution >= 0.6 is 27.3 Å². The number of thiophene rings is 1. The van der Waals surface area contributed by atoms with Crippen molar-refractivity contribution in [3.8, 4) is 0 Å². The molecule has 10 heteroatoms. The van der Waals surface area contributed by atoms with Crippen LogP contribution in [0.4, 0.5) is 0 Å². The Morgan fingerprint density at radius 1 is 1.45 bits per heavy atom. The second-order valence-corrected chi connectivity index (χ2v) is 8.13. The minimum absolute atomic E-state index is 0.0349. The van der Waals surface area contributed by atoms with Gasteiger partial charge in [0.2, 0.25) is 15.9 Å². The number of hydrogen-bond donors (Lipinski definition) is 2. The van der Waals surface area contributed by atoms with E-state index in [9.17, 15) is 8.42 Å². The van der Waals surface area contributed by atoms with Crippen molar-refractivity contribution >= 4 is 37.3 Å². The molecule has 0 fully saturated rings. The van der Waals surface area contributed by atoms with E-state index in [1.54, 1.807) is 20.0 Å². The molecule has 0 aromatic carbocycles. The van der Waals surface area contributed by atoms with E-state index in [1.807, 2.05) is 0 Å². The molecule has 0 saturated carbocycles. The highest BCUT2D eigenvalue weighted by Gasteiger charge is 2.21. The van der Waals surface area contributed by atoms with E-state index in [1.165, 1.54) is 11.3 Å². The first kappa shape index (κ1) is 15.6. The molecule has 0 saturated heterocycles. The summed E-state index contributed by atoms with van der Waals surface area (Å²) in [6.45, 7) is 2.25. The fourth-order valence-corrected chi connectivity index (χ4v) is 5.16. The summed E-state index contributed by atoms with van der Waals surface area (Å²) < 4.78 is 32.3. The average molecular weight is 381 g/mol. The maximum atomic E-state index is 12.2. The number of hydrogen-bond acceptors (Lipinski definition) is 7. The van der Waals surface area contributed by atoms with Gasteiger partial charge in [0.25, 0.3) is 0 Å². The minimum Gasteiger partial charge on any atom is -0.338 e. The lowest BCUT2D eigenvalue weighted by Gasteiger charge is -2.02. The largest absolute Gasteiger partial charge is 0.338 e. The molecule has 110 valence electrons. The van der Waals surface area contributed by atoms with Crippen molar-refractivity contribution in [3.05, 3.63) is 26.4 Å². The lowest BCUT2D eigenvalue weighted by atomic mass is 10.5. The van der Waals surface area contributed by atoms with Crippen molar-refractivity contribution in [2.24, 2.45) is 0 Å². The Bertz CT molecular complexity index is 695. The molecule has 0 amide bonds. The predicted octanol–water partition coefficient (Wildman–Crippen LogP) is 1.40. The standard InChI is InChI=1S/C10H13BrN4O3S2/c1-6-14-9(18-15-6)5-13-20(16,17)8-3-7(4-12-2)19-10(8)11/h3,12-13H,4-5H2,1-2H3. The normalized spacial score (nSPS) is 11.9. The van der Waals surface area contributed by atoms with Crippen LogP contribution in [0.1, 0.15) is 16.6 Å². The van der Waals surface area contributed by atoms with Gasteiger partial charge in [-0.2, -0.15) is 4.98 Å². The highest BCUT2D eigenvalue weighted by molar-refractivity contribution is 9.11. The average Bonchev–Trinajstić information content (AvgIpc) is 2.94. The molecule has 0 aliphatic rings. The number of aryl methyl sites for hydroxylation is 1. The van der Waals surface area contributed by atoms with Crippen LogP contribution in [0.25, 0.3) is 0 Å². The van der Waals surface area contributed by atoms with Crippen molar-refractivity contribution in [1.82, 2.24) is 20.2 Å². The number of halogens is 1. The molecule has 2 rings (SSSR count). The summed E-state index contributed by atoms with van der Waals surface area (Å²) in [5.74, 6) is 0.695. The monoisotopic (exact) mass is 380 g/mol. The Labute approximate surface area is 129 Å². The molecule has 0 aliphatic heterocycles. The fourth-order valence-electron chi connectivity index (χ4n) is 1.49. The van der Waals surface area contributed by atoms with Gasteiger partial charge in [0.1, 0.15) is 4.90 Å². The quantitative estimate of drug-likeness (QED) is 0.785. The van der Waals surface area contributed by atoms with E-state index >= 15 is 0 Å². The summed E-state index contributed by atoms with van der Waals surface area (Å²) in [6, 6.07) is 1.63. The van der Waals surface area contributed by atoms with Crippen molar-refractivity contribution in [3.63, 3.8) is 0 Å². The molecule has 0 bridgehead atoms. The molecule has 0 radical (unpaired) electrons. The highest BCUT2D eigenvalue weighted by Crippen LogP contribution is 2.31. The molecule has 7 nitrogen and oxygen atoms in total. The topological polar surface area (TPSA) is 97.1 Å². The van der Waals surface area contributed by atoms with Gasteiger partial charge in [0, 0.05) is 11.4 Å². The van der Waals surface area contributed by atoms with E-state index < -0.39 is 10.0 Å². The first-order chi connectivity index (χ1) is 9.42. The number of aromatic nitrogens is 2. The maximum absolute atomic E-state index is 12.2. The van der Waals surface area contributed by atoms with Gasteiger partial charge >= 0.3 is 0 Å². The summed E-state index contributed by atoms with van der Waals surface area (Å²) in [7, 11) is -1.82. The Morgan fingerprint density at radius 2 is 2.20 bits per heavy atom. The number of nitrogens with zero attached hydrogens (tertiary/aromatic N) is 2. The third-order valence-electron chi connectivity index (χ3n) is 2.33. The van der Waals surface area contributed by atoms with Crippen molar-refractivity contribution in [1.29, 1.82) is 0 Å². The van der Waals surface area contributed by atoms with Gasteiger partial charge in [-0.1, -0.05) is 5.16 Å². The second kappa shape index (κ2) is 6.31. The van der Waals surface area contributed by atoms with Crippen molar-refractivity contribution < 1.29 is 12.9 Å². The Balaban J connectivity index is 2.13. The van der Waals surface area contributed by atoms with Gasteiger partial charge in [0.05, 0.1) is 10.3 Å². The third-order valence-corrected chi connectivity index (χ3v) is 5.98. The van der Waals surface area contributed by atoms with Crippen LogP contribution < -0.4 is 10.0 Å². The molecule has 0 spiro atoms. The number of rotatable bonds is 6. The summed E-state index contributed by atoms with van der Waals surface area (Å²) in [4.78, 5) is 5.08. The second-order valence-electron chi connectivity index (χ2n) is 3.94. The molecular formula is C10H13BrN4O3S2. The first-order valence-electron chi connectivity index (χ1n) is 5.64. The Morgan fingerprint density at radius 3 is 2.80 bits per heavy atom. The maximum Gasteiger partial charge on any atom is 0.243 e. The highest BCUT2D eigenvalue weighted by atomic mass is 79.9. The summed E-state index contributed by atoms with van der Waals surface area (Å²) >= 11 is 4.65. The Hall–Kier alpha value is -0.810. The van der Waals surface area contributed by atoms with Crippen LogP contribution in [0, 0.1) is 6.92 Å². The van der Waals surface area contributed by atoms with Gasteiger partial charge in [-0.05, 0) is 36.0 Å². The zero-order valence-corrected chi connectivity index (χ0v) is 14.0. The van der Waals surface area contributed by atoms with Crippen LogP contribution in [-0.4, -0.2) is 25.6 Å². The summed E-state index contributed by atoms with van der Waals surface area (Å²) in [6.07, 6.45) is 0. The van der Waals surface area contributed by atoms with Crippen molar-refractivity contribution in [2.75, 3.05) is 7.05 Å². The van der Waals surface area contributed by atoms with Gasteiger partial charge in [-0.15, -0.1) is 11.3 Å². The molecule has 2 heterocycles. The third kappa shape index (κ3) is 3.64. The molecule has 20 heavy (non-hydrogen) atoms. The summed E-state index contributed by atoms with van der Waals surface area (Å²) in [5, 5.41) is 6.58. The molecule has 2 aromatic heterocycles. The number of nitrogens with one attached hydrogen (secondary N) is 2. The Kier molecular flexibility index (Phi) is 4.91. The number of sulfonamides is 1. The van der Waals surface area contributed by atoms with Gasteiger partial charge in [0.15, 0.2) is 5.82 Å². The zero-order valence-electron chi connectivity index (χ0n) is 10.8. The van der Waals surface area contributed by atoms with E-state index in [4.69, 9.17) is 4.52 Å². The fraction of sp³-hybridized carbons (Fsp3) is 0.400. The van der Waals surface area contributed by atoms with Crippen LogP contribution in [0.5, 0.6) is 0 Å².